The molecule has 158 valence electrons. The summed E-state index contributed by atoms with van der Waals surface area (Å²) in [6.45, 7) is 6.36. The Kier molecular flexibility index (Phi) is 6.35. The van der Waals surface area contributed by atoms with Crippen molar-refractivity contribution in [3.05, 3.63) is 35.3 Å². The van der Waals surface area contributed by atoms with Gasteiger partial charge in [-0.25, -0.2) is 4.98 Å². The number of aryl methyl sites for hydroxylation is 2. The van der Waals surface area contributed by atoms with Gasteiger partial charge < -0.3 is 4.74 Å². The van der Waals surface area contributed by atoms with Gasteiger partial charge in [0.2, 0.25) is 11.7 Å². The first-order valence-corrected chi connectivity index (χ1v) is 11.1. The van der Waals surface area contributed by atoms with Gasteiger partial charge >= 0.3 is 0 Å². The molecule has 1 unspecified atom stereocenters. The molecule has 7 heteroatoms. The van der Waals surface area contributed by atoms with Crippen LogP contribution in [0.15, 0.2) is 18.3 Å². The zero-order chi connectivity index (χ0) is 20.9. The Labute approximate surface area is 177 Å². The number of hydrogen-bond acceptors (Lipinski definition) is 6. The molecule has 3 heterocycles. The normalized spacial score (nSPS) is 14.8. The van der Waals surface area contributed by atoms with E-state index in [0.717, 1.165) is 73.0 Å². The number of hydrogen-bond donors (Lipinski definition) is 1. The Balaban J connectivity index is 1.98. The van der Waals surface area contributed by atoms with E-state index in [0.29, 0.717) is 11.7 Å². The molecule has 4 rings (SSSR count). The van der Waals surface area contributed by atoms with E-state index in [4.69, 9.17) is 9.72 Å². The second-order valence-corrected chi connectivity index (χ2v) is 8.01. The third kappa shape index (κ3) is 4.20. The molecule has 0 amide bonds. The molecule has 0 radical (unpaired) electrons. The van der Waals surface area contributed by atoms with Crippen molar-refractivity contribution in [3.8, 4) is 28.4 Å². The number of rotatable bonds is 7. The lowest BCUT2D eigenvalue weighted by Gasteiger charge is -2.23. The van der Waals surface area contributed by atoms with Crippen molar-refractivity contribution >= 4 is 0 Å². The van der Waals surface area contributed by atoms with E-state index < -0.39 is 0 Å². The monoisotopic (exact) mass is 406 g/mol. The van der Waals surface area contributed by atoms with Crippen molar-refractivity contribution in [2.75, 3.05) is 0 Å². The van der Waals surface area contributed by atoms with E-state index in [-0.39, 0.29) is 6.10 Å². The number of fused-ring (bicyclic) bond motifs is 1. The van der Waals surface area contributed by atoms with Crippen molar-refractivity contribution in [2.24, 2.45) is 0 Å². The highest BCUT2D eigenvalue weighted by Crippen LogP contribution is 2.42. The van der Waals surface area contributed by atoms with Gasteiger partial charge in [0.1, 0.15) is 6.10 Å². The van der Waals surface area contributed by atoms with Crippen LogP contribution in [0.3, 0.4) is 0 Å². The number of nitrogens with zero attached hydrogens (tertiary/aromatic N) is 5. The molecule has 3 aromatic heterocycles. The molecular formula is C23H30N6O. The standard InChI is InChI=1S/C23H30N6O/c1-4-9-17(5-2)30-23-21(22-26-28-29-27-22)20(16-12-13-24-15(3)14-16)18-10-7-6-8-11-19(18)25-23/h12-14,17H,4-11H2,1-3H3,(H,26,27,28,29). The summed E-state index contributed by atoms with van der Waals surface area (Å²) in [4.78, 5) is 9.45. The zero-order valence-corrected chi connectivity index (χ0v) is 18.1. The molecule has 0 saturated heterocycles. The Morgan fingerprint density at radius 3 is 2.73 bits per heavy atom. The van der Waals surface area contributed by atoms with Crippen LogP contribution in [-0.2, 0) is 12.8 Å². The zero-order valence-electron chi connectivity index (χ0n) is 18.1. The van der Waals surface area contributed by atoms with E-state index in [1.54, 1.807) is 0 Å². The summed E-state index contributed by atoms with van der Waals surface area (Å²) in [5.74, 6) is 1.15. The fourth-order valence-electron chi connectivity index (χ4n) is 4.30. The van der Waals surface area contributed by atoms with Crippen LogP contribution in [0.5, 0.6) is 5.88 Å². The Morgan fingerprint density at radius 2 is 2.00 bits per heavy atom. The molecule has 0 saturated carbocycles. The first kappa shape index (κ1) is 20.4. The average Bonchev–Trinajstić information content (AvgIpc) is 3.18. The minimum atomic E-state index is 0.115. The van der Waals surface area contributed by atoms with Crippen molar-refractivity contribution in [1.82, 2.24) is 30.6 Å². The minimum absolute atomic E-state index is 0.115. The van der Waals surface area contributed by atoms with Crippen molar-refractivity contribution < 1.29 is 4.74 Å². The molecule has 0 aromatic carbocycles. The smallest absolute Gasteiger partial charge is 0.225 e. The summed E-state index contributed by atoms with van der Waals surface area (Å²) >= 11 is 0. The molecule has 0 fully saturated rings. The van der Waals surface area contributed by atoms with E-state index >= 15 is 0 Å². The number of aromatic nitrogens is 6. The average molecular weight is 407 g/mol. The largest absolute Gasteiger partial charge is 0.474 e. The van der Waals surface area contributed by atoms with Crippen molar-refractivity contribution in [1.29, 1.82) is 0 Å². The van der Waals surface area contributed by atoms with Gasteiger partial charge in [-0.05, 0) is 73.9 Å². The van der Waals surface area contributed by atoms with Crippen LogP contribution in [0.1, 0.15) is 69.3 Å². The fraction of sp³-hybridized carbons (Fsp3) is 0.522. The van der Waals surface area contributed by atoms with Crippen LogP contribution in [-0.4, -0.2) is 36.7 Å². The fourth-order valence-corrected chi connectivity index (χ4v) is 4.30. The van der Waals surface area contributed by atoms with Crippen molar-refractivity contribution in [2.45, 2.75) is 78.2 Å². The Hall–Kier alpha value is -2.83. The summed E-state index contributed by atoms with van der Waals surface area (Å²) in [5, 5.41) is 15.1. The number of aromatic amines is 1. The first-order chi connectivity index (χ1) is 14.7. The number of tetrazole rings is 1. The number of pyridine rings is 2. The lowest BCUT2D eigenvalue weighted by molar-refractivity contribution is 0.178. The predicted octanol–water partition coefficient (Wildman–Crippen LogP) is 4.86. The Morgan fingerprint density at radius 1 is 1.13 bits per heavy atom. The number of ether oxygens (including phenoxy) is 1. The van der Waals surface area contributed by atoms with Crippen LogP contribution in [0.25, 0.3) is 22.5 Å². The van der Waals surface area contributed by atoms with Crippen LogP contribution < -0.4 is 4.74 Å². The molecule has 1 atom stereocenters. The van der Waals surface area contributed by atoms with E-state index in [2.05, 4.69) is 51.6 Å². The summed E-state index contributed by atoms with van der Waals surface area (Å²) < 4.78 is 6.51. The number of H-pyrrole nitrogens is 1. The van der Waals surface area contributed by atoms with Gasteiger partial charge in [0.25, 0.3) is 0 Å². The van der Waals surface area contributed by atoms with Crippen LogP contribution in [0.2, 0.25) is 0 Å². The molecule has 1 aliphatic rings. The van der Waals surface area contributed by atoms with Crippen LogP contribution >= 0.6 is 0 Å². The van der Waals surface area contributed by atoms with E-state index in [9.17, 15) is 0 Å². The maximum atomic E-state index is 6.51. The topological polar surface area (TPSA) is 89.5 Å². The van der Waals surface area contributed by atoms with Gasteiger partial charge in [0.05, 0.1) is 5.56 Å². The molecule has 7 nitrogen and oxygen atoms in total. The highest BCUT2D eigenvalue weighted by molar-refractivity contribution is 5.86. The summed E-state index contributed by atoms with van der Waals surface area (Å²) in [7, 11) is 0. The van der Waals surface area contributed by atoms with Gasteiger partial charge in [-0.1, -0.05) is 26.7 Å². The van der Waals surface area contributed by atoms with Gasteiger partial charge in [-0.3, -0.25) is 4.98 Å². The van der Waals surface area contributed by atoms with E-state index in [1.807, 2.05) is 13.1 Å². The molecular weight excluding hydrogens is 376 g/mol. The molecule has 1 N–H and O–H groups in total. The molecule has 0 aliphatic heterocycles. The highest BCUT2D eigenvalue weighted by Gasteiger charge is 2.27. The maximum absolute atomic E-state index is 6.51. The Bertz CT molecular complexity index is 986. The lowest BCUT2D eigenvalue weighted by Crippen LogP contribution is -2.18. The van der Waals surface area contributed by atoms with Gasteiger partial charge in [0.15, 0.2) is 0 Å². The molecule has 3 aromatic rings. The lowest BCUT2D eigenvalue weighted by atomic mass is 9.91. The number of nitrogens with one attached hydrogen (secondary N) is 1. The highest BCUT2D eigenvalue weighted by atomic mass is 16.5. The quantitative estimate of drug-likeness (QED) is 0.564. The SMILES string of the molecule is CCCC(CC)Oc1nc2c(c(-c3ccnc(C)c3)c1-c1nn[nH]n1)CCCCC2. The van der Waals surface area contributed by atoms with Crippen molar-refractivity contribution in [3.63, 3.8) is 0 Å². The van der Waals surface area contributed by atoms with Gasteiger partial charge in [-0.2, -0.15) is 5.21 Å². The molecule has 0 spiro atoms. The summed E-state index contributed by atoms with van der Waals surface area (Å²) in [5.41, 5.74) is 6.47. The molecule has 1 aliphatic carbocycles. The van der Waals surface area contributed by atoms with Crippen LogP contribution in [0, 0.1) is 6.92 Å². The summed E-state index contributed by atoms with van der Waals surface area (Å²) in [6.07, 6.45) is 10.5. The third-order valence-corrected chi connectivity index (χ3v) is 5.79. The second kappa shape index (κ2) is 9.32. The van der Waals surface area contributed by atoms with Gasteiger partial charge in [-0.15, -0.1) is 10.2 Å². The molecule has 0 bridgehead atoms. The third-order valence-electron chi connectivity index (χ3n) is 5.79. The predicted molar refractivity (Wildman–Crippen MR) is 116 cm³/mol. The minimum Gasteiger partial charge on any atom is -0.474 e. The van der Waals surface area contributed by atoms with Gasteiger partial charge in [0, 0.05) is 23.1 Å². The maximum Gasteiger partial charge on any atom is 0.225 e. The van der Waals surface area contributed by atoms with Crippen LogP contribution in [0.4, 0.5) is 0 Å². The van der Waals surface area contributed by atoms with E-state index in [1.165, 1.54) is 12.0 Å². The summed E-state index contributed by atoms with van der Waals surface area (Å²) in [6, 6.07) is 4.18. The first-order valence-electron chi connectivity index (χ1n) is 11.1. The second-order valence-electron chi connectivity index (χ2n) is 8.01. The molecule has 30 heavy (non-hydrogen) atoms.